The minimum absolute atomic E-state index is 0.167. The van der Waals surface area contributed by atoms with E-state index in [-0.39, 0.29) is 11.5 Å². The zero-order valence-electron chi connectivity index (χ0n) is 15.4. The van der Waals surface area contributed by atoms with Crippen molar-refractivity contribution in [1.82, 2.24) is 14.5 Å². The highest BCUT2D eigenvalue weighted by molar-refractivity contribution is 6.19. The monoisotopic (exact) mass is 354 g/mol. The van der Waals surface area contributed by atoms with Crippen LogP contribution >= 0.6 is 0 Å². The minimum Gasteiger partial charge on any atom is -0.506 e. The van der Waals surface area contributed by atoms with Crippen LogP contribution in [0.25, 0.3) is 5.52 Å². The van der Waals surface area contributed by atoms with E-state index in [2.05, 4.69) is 10.1 Å². The van der Waals surface area contributed by atoms with Gasteiger partial charge in [0.05, 0.1) is 5.52 Å². The average Bonchev–Trinajstić information content (AvgIpc) is 2.92. The fourth-order valence-electron chi connectivity index (χ4n) is 2.54. The molecule has 3 rings (SSSR count). The maximum Gasteiger partial charge on any atom is 0.260 e. The number of rotatable bonds is 5. The summed E-state index contributed by atoms with van der Waals surface area (Å²) in [6, 6.07) is 3.92. The highest BCUT2D eigenvalue weighted by Crippen LogP contribution is 2.34. The van der Waals surface area contributed by atoms with Crippen LogP contribution in [0.2, 0.25) is 0 Å². The second-order valence-electron chi connectivity index (χ2n) is 6.47. The van der Waals surface area contributed by atoms with Gasteiger partial charge in [-0.2, -0.15) is 0 Å². The summed E-state index contributed by atoms with van der Waals surface area (Å²) < 4.78 is 7.64. The van der Waals surface area contributed by atoms with E-state index in [1.807, 2.05) is 45.0 Å². The molecule has 0 radical (unpaired) electrons. The molecule has 0 aromatic carbocycles. The maximum atomic E-state index is 11.4. The Morgan fingerprint density at radius 2 is 2.04 bits per heavy atom. The lowest BCUT2D eigenvalue weighted by Crippen LogP contribution is -2.19. The lowest BCUT2D eigenvalue weighted by molar-refractivity contribution is -0.110. The molecule has 0 spiro atoms. The van der Waals surface area contributed by atoms with E-state index >= 15 is 0 Å². The first-order valence-corrected chi connectivity index (χ1v) is 8.35. The van der Waals surface area contributed by atoms with E-state index in [1.165, 1.54) is 12.2 Å². The Bertz CT molecular complexity index is 951. The number of aliphatic hydroxyl groups is 1. The first-order chi connectivity index (χ1) is 12.4. The Kier molecular flexibility index (Phi) is 4.90. The Hall–Kier alpha value is -2.93. The molecule has 2 aromatic heterocycles. The van der Waals surface area contributed by atoms with E-state index in [0.29, 0.717) is 23.9 Å². The molecule has 0 unspecified atom stereocenters. The number of carbonyl (C=O) groups is 1. The predicted octanol–water partition coefficient (Wildman–Crippen LogP) is 2.54. The molecule has 0 bridgehead atoms. The van der Waals surface area contributed by atoms with Crippen molar-refractivity contribution < 1.29 is 14.6 Å². The molecule has 2 heterocycles. The molecule has 0 aliphatic heterocycles. The molecular formula is C19H22N4O3. The Morgan fingerprint density at radius 3 is 2.73 bits per heavy atom. The van der Waals surface area contributed by atoms with E-state index in [9.17, 15) is 9.90 Å². The van der Waals surface area contributed by atoms with Gasteiger partial charge in [0.2, 0.25) is 0 Å². The van der Waals surface area contributed by atoms with Crippen LogP contribution in [0, 0.1) is 13.8 Å². The van der Waals surface area contributed by atoms with Crippen molar-refractivity contribution in [2.75, 3.05) is 27.2 Å². The zero-order valence-corrected chi connectivity index (χ0v) is 15.4. The van der Waals surface area contributed by atoms with Crippen LogP contribution in [0.15, 0.2) is 41.1 Å². The highest BCUT2D eigenvalue weighted by Gasteiger charge is 2.18. The Labute approximate surface area is 151 Å². The largest absolute Gasteiger partial charge is 0.506 e. The topological polar surface area (TPSA) is 79.4 Å². The number of aliphatic imine (C=N–C) groups is 1. The number of hydrogen-bond donors (Lipinski definition) is 1. The summed E-state index contributed by atoms with van der Waals surface area (Å²) in [6.45, 7) is 5.19. The number of aliphatic hydroxyl groups excluding tert-OH is 1. The minimum atomic E-state index is -0.268. The molecular weight excluding hydrogens is 332 g/mol. The number of hydrogen-bond acceptors (Lipinski definition) is 6. The van der Waals surface area contributed by atoms with Crippen molar-refractivity contribution in [3.8, 4) is 5.88 Å². The molecule has 0 fully saturated rings. The van der Waals surface area contributed by atoms with Gasteiger partial charge in [0.1, 0.15) is 18.1 Å². The van der Waals surface area contributed by atoms with Crippen molar-refractivity contribution in [3.05, 3.63) is 47.4 Å². The number of likely N-dealkylation sites (N-methyl/N-ethyl adjacent to an activating group) is 1. The van der Waals surface area contributed by atoms with Crippen LogP contribution in [0.1, 0.15) is 11.3 Å². The molecule has 1 aliphatic rings. The van der Waals surface area contributed by atoms with Gasteiger partial charge in [-0.15, -0.1) is 5.10 Å². The van der Waals surface area contributed by atoms with Gasteiger partial charge in [-0.3, -0.25) is 4.79 Å². The molecule has 2 aromatic rings. The number of allylic oxidation sites excluding steroid dienone is 3. The van der Waals surface area contributed by atoms with Crippen molar-refractivity contribution in [2.45, 2.75) is 13.8 Å². The third kappa shape index (κ3) is 3.52. The van der Waals surface area contributed by atoms with Crippen LogP contribution < -0.4 is 4.74 Å². The molecule has 7 heteroatoms. The summed E-state index contributed by atoms with van der Waals surface area (Å²) in [7, 11) is 3.93. The number of ether oxygens (including phenoxy) is 1. The van der Waals surface area contributed by atoms with E-state index < -0.39 is 0 Å². The molecule has 1 N–H and O–H groups in total. The highest BCUT2D eigenvalue weighted by atomic mass is 16.5. The van der Waals surface area contributed by atoms with Crippen LogP contribution in [-0.4, -0.2) is 58.4 Å². The summed E-state index contributed by atoms with van der Waals surface area (Å²) >= 11 is 0. The second kappa shape index (κ2) is 7.13. The van der Waals surface area contributed by atoms with Crippen molar-refractivity contribution in [2.24, 2.45) is 4.99 Å². The molecule has 0 saturated heterocycles. The fraction of sp³-hybridized carbons (Fsp3) is 0.316. The number of pyridine rings is 1. The first kappa shape index (κ1) is 17.9. The standard InChI is InChI=1S/C19H22N4O3/c1-12-5-8-16-18(20-15-7-6-14(24)11-17(15)25)19(21-23(16)13(12)2)26-10-9-22(3)4/h5-8,11,25H,9-10H2,1-4H3. The number of aryl methyl sites for hydroxylation is 2. The predicted molar refractivity (Wildman–Crippen MR) is 101 cm³/mol. The van der Waals surface area contributed by atoms with Gasteiger partial charge in [-0.1, -0.05) is 6.07 Å². The molecule has 0 saturated carbocycles. The van der Waals surface area contributed by atoms with E-state index in [1.54, 1.807) is 4.52 Å². The second-order valence-corrected chi connectivity index (χ2v) is 6.47. The molecule has 0 amide bonds. The number of fused-ring (bicyclic) bond motifs is 1. The summed E-state index contributed by atoms with van der Waals surface area (Å²) in [5.41, 5.74) is 3.69. The van der Waals surface area contributed by atoms with Gasteiger partial charge in [-0.25, -0.2) is 9.51 Å². The first-order valence-electron chi connectivity index (χ1n) is 8.35. The van der Waals surface area contributed by atoms with Crippen molar-refractivity contribution in [1.29, 1.82) is 0 Å². The number of ketones is 1. The lowest BCUT2D eigenvalue weighted by Gasteiger charge is -2.10. The maximum absolute atomic E-state index is 11.4. The summed E-state index contributed by atoms with van der Waals surface area (Å²) in [6.07, 6.45) is 4.00. The van der Waals surface area contributed by atoms with Gasteiger partial charge >= 0.3 is 0 Å². The molecule has 1 aliphatic carbocycles. The van der Waals surface area contributed by atoms with E-state index in [0.717, 1.165) is 29.4 Å². The SMILES string of the molecule is Cc1ccc2c(N=C3C=CC(=O)C=C3O)c(OCCN(C)C)nn2c1C. The normalized spacial score (nSPS) is 16.0. The summed E-state index contributed by atoms with van der Waals surface area (Å²) in [5.74, 6) is -0.0404. The summed E-state index contributed by atoms with van der Waals surface area (Å²) in [4.78, 5) is 17.9. The number of carbonyl (C=O) groups excluding carboxylic acids is 1. The van der Waals surface area contributed by atoms with Crippen molar-refractivity contribution in [3.63, 3.8) is 0 Å². The quantitative estimate of drug-likeness (QED) is 0.835. The molecule has 26 heavy (non-hydrogen) atoms. The Balaban J connectivity index is 2.09. The van der Waals surface area contributed by atoms with E-state index in [4.69, 9.17) is 4.74 Å². The Morgan fingerprint density at radius 1 is 1.27 bits per heavy atom. The van der Waals surface area contributed by atoms with Gasteiger partial charge in [0, 0.05) is 18.3 Å². The lowest BCUT2D eigenvalue weighted by atomic mass is 10.1. The van der Waals surface area contributed by atoms with Crippen LogP contribution in [0.4, 0.5) is 5.69 Å². The number of aromatic nitrogens is 2. The van der Waals surface area contributed by atoms with Gasteiger partial charge in [-0.05, 0) is 51.7 Å². The third-order valence-electron chi connectivity index (χ3n) is 4.20. The third-order valence-corrected chi connectivity index (χ3v) is 4.20. The zero-order chi connectivity index (χ0) is 18.8. The van der Waals surface area contributed by atoms with Gasteiger partial charge in [0.25, 0.3) is 5.88 Å². The van der Waals surface area contributed by atoms with Crippen LogP contribution in [-0.2, 0) is 4.79 Å². The molecule has 7 nitrogen and oxygen atoms in total. The summed E-state index contributed by atoms with van der Waals surface area (Å²) in [5, 5.41) is 14.6. The van der Waals surface area contributed by atoms with Gasteiger partial charge < -0.3 is 14.7 Å². The van der Waals surface area contributed by atoms with Gasteiger partial charge in [0.15, 0.2) is 11.5 Å². The van der Waals surface area contributed by atoms with Crippen LogP contribution in [0.3, 0.4) is 0 Å². The number of nitrogens with zero attached hydrogens (tertiary/aromatic N) is 4. The smallest absolute Gasteiger partial charge is 0.260 e. The fourth-order valence-corrected chi connectivity index (χ4v) is 2.54. The molecule has 0 atom stereocenters. The van der Waals surface area contributed by atoms with Crippen LogP contribution in [0.5, 0.6) is 5.88 Å². The van der Waals surface area contributed by atoms with Crippen molar-refractivity contribution >= 4 is 22.7 Å². The average molecular weight is 354 g/mol. The molecule has 136 valence electrons.